The second-order valence-corrected chi connectivity index (χ2v) is 6.01. The van der Waals surface area contributed by atoms with E-state index >= 15 is 0 Å². The first kappa shape index (κ1) is 16.0. The summed E-state index contributed by atoms with van der Waals surface area (Å²) < 4.78 is 0. The summed E-state index contributed by atoms with van der Waals surface area (Å²) in [4.78, 5) is 13.8. The zero-order valence-corrected chi connectivity index (χ0v) is 12.9. The van der Waals surface area contributed by atoms with Gasteiger partial charge in [-0.15, -0.1) is 0 Å². The Labute approximate surface area is 131 Å². The highest BCUT2D eigenvalue weighted by Gasteiger charge is 2.37. The normalized spacial score (nSPS) is 21.2. The first-order chi connectivity index (χ1) is 10.5. The molecule has 114 valence electrons. The van der Waals surface area contributed by atoms with Crippen molar-refractivity contribution < 1.29 is 4.79 Å². The molecule has 1 aromatic rings. The fraction of sp³-hybridized carbons (Fsp3) is 0.471. The Morgan fingerprint density at radius 1 is 1.23 bits per heavy atom. The van der Waals surface area contributed by atoms with E-state index < -0.39 is 12.1 Å². The summed E-state index contributed by atoms with van der Waals surface area (Å²) in [6.07, 6.45) is 1.14. The molecule has 1 saturated heterocycles. The minimum atomic E-state index is -0.487. The molecule has 5 heteroatoms. The third kappa shape index (κ3) is 3.27. The Morgan fingerprint density at radius 2 is 1.77 bits per heavy atom. The molecule has 1 aromatic carbocycles. The zero-order valence-electron chi connectivity index (χ0n) is 12.9. The van der Waals surface area contributed by atoms with Gasteiger partial charge in [0.15, 0.2) is 0 Å². The molecule has 0 unspecified atom stereocenters. The van der Waals surface area contributed by atoms with Gasteiger partial charge >= 0.3 is 0 Å². The highest BCUT2D eigenvalue weighted by molar-refractivity contribution is 5.80. The fourth-order valence-electron chi connectivity index (χ4n) is 2.76. The second-order valence-electron chi connectivity index (χ2n) is 6.01. The van der Waals surface area contributed by atoms with Crippen LogP contribution in [0.15, 0.2) is 30.3 Å². The van der Waals surface area contributed by atoms with E-state index in [0.29, 0.717) is 12.8 Å². The van der Waals surface area contributed by atoms with Crippen LogP contribution in [0, 0.1) is 22.7 Å². The lowest BCUT2D eigenvalue weighted by atomic mass is 9.94. The first-order valence-electron chi connectivity index (χ1n) is 7.40. The molecule has 0 spiro atoms. The van der Waals surface area contributed by atoms with Crippen molar-refractivity contribution in [1.82, 2.24) is 10.2 Å². The third-order valence-electron chi connectivity index (χ3n) is 4.15. The van der Waals surface area contributed by atoms with Crippen molar-refractivity contribution in [2.75, 3.05) is 6.54 Å². The van der Waals surface area contributed by atoms with E-state index in [9.17, 15) is 4.79 Å². The van der Waals surface area contributed by atoms with Crippen LogP contribution in [-0.4, -0.2) is 29.4 Å². The molecule has 1 N–H and O–H groups in total. The molecular weight excluding hydrogens is 276 g/mol. The molecule has 0 aliphatic carbocycles. The number of nitrogens with zero attached hydrogens (tertiary/aromatic N) is 3. The maximum absolute atomic E-state index is 12.4. The van der Waals surface area contributed by atoms with Crippen molar-refractivity contribution in [3.8, 4) is 12.1 Å². The summed E-state index contributed by atoms with van der Waals surface area (Å²) in [5.74, 6) is -0.195. The number of nitrogens with one attached hydrogen (secondary N) is 1. The topological polar surface area (TPSA) is 79.9 Å². The van der Waals surface area contributed by atoms with Crippen molar-refractivity contribution >= 4 is 5.91 Å². The number of rotatable bonds is 4. The predicted octanol–water partition coefficient (Wildman–Crippen LogP) is 1.92. The van der Waals surface area contributed by atoms with Crippen molar-refractivity contribution in [1.29, 1.82) is 10.5 Å². The largest absolute Gasteiger partial charge is 0.310 e. The van der Waals surface area contributed by atoms with Crippen molar-refractivity contribution in [2.24, 2.45) is 0 Å². The molecule has 0 saturated carbocycles. The van der Waals surface area contributed by atoms with Crippen molar-refractivity contribution in [2.45, 2.75) is 44.3 Å². The molecule has 0 bridgehead atoms. The number of nitriles is 2. The van der Waals surface area contributed by atoms with E-state index in [2.05, 4.69) is 17.5 Å². The van der Waals surface area contributed by atoms with Gasteiger partial charge in [-0.3, -0.25) is 10.1 Å². The lowest BCUT2D eigenvalue weighted by Gasteiger charge is -2.29. The van der Waals surface area contributed by atoms with Crippen molar-refractivity contribution in [3.63, 3.8) is 0 Å². The molecule has 5 nitrogen and oxygen atoms in total. The molecule has 1 heterocycles. The maximum atomic E-state index is 12.4. The second kappa shape index (κ2) is 6.60. The zero-order chi connectivity index (χ0) is 16.2. The quantitative estimate of drug-likeness (QED) is 0.920. The molecular formula is C17H20N4O. The van der Waals surface area contributed by atoms with Gasteiger partial charge in [0.25, 0.3) is 0 Å². The summed E-state index contributed by atoms with van der Waals surface area (Å²) in [6, 6.07) is 13.1. The molecule has 2 atom stereocenters. The minimum Gasteiger partial charge on any atom is -0.310 e. The average Bonchev–Trinajstić information content (AvgIpc) is 2.96. The summed E-state index contributed by atoms with van der Waals surface area (Å²) in [7, 11) is 0. The lowest BCUT2D eigenvalue weighted by Crippen LogP contribution is -2.48. The monoisotopic (exact) mass is 296 g/mol. The van der Waals surface area contributed by atoms with Crippen molar-refractivity contribution in [3.05, 3.63) is 35.9 Å². The SMILES string of the molecule is CC(C)(NCC(=O)N1[C@H](C#N)CC[C@@H]1C#N)c1ccccc1. The standard InChI is InChI=1S/C17H20N4O/c1-17(2,13-6-4-3-5-7-13)20-12-16(22)21-14(10-18)8-9-15(21)11-19/h3-7,14-15,20H,8-9,12H2,1-2H3/t14-,15+. The summed E-state index contributed by atoms with van der Waals surface area (Å²) in [5.41, 5.74) is 0.721. The number of hydrogen-bond acceptors (Lipinski definition) is 4. The summed E-state index contributed by atoms with van der Waals surface area (Å²) >= 11 is 0. The summed E-state index contributed by atoms with van der Waals surface area (Å²) in [5, 5.41) is 21.5. The number of likely N-dealkylation sites (tertiary alicyclic amines) is 1. The molecule has 0 aromatic heterocycles. The first-order valence-corrected chi connectivity index (χ1v) is 7.40. The Bertz CT molecular complexity index is 590. The Morgan fingerprint density at radius 3 is 2.27 bits per heavy atom. The Kier molecular flexibility index (Phi) is 4.80. The predicted molar refractivity (Wildman–Crippen MR) is 82.4 cm³/mol. The lowest BCUT2D eigenvalue weighted by molar-refractivity contribution is -0.131. The molecule has 22 heavy (non-hydrogen) atoms. The van der Waals surface area contributed by atoms with Crippen LogP contribution in [0.25, 0.3) is 0 Å². The van der Waals surface area contributed by atoms with Gasteiger partial charge in [-0.25, -0.2) is 0 Å². The number of hydrogen-bond donors (Lipinski definition) is 1. The summed E-state index contributed by atoms with van der Waals surface area (Å²) in [6.45, 7) is 4.12. The number of benzene rings is 1. The van der Waals surface area contributed by atoms with Crippen LogP contribution in [0.2, 0.25) is 0 Å². The molecule has 1 aliphatic rings. The van der Waals surface area contributed by atoms with E-state index in [1.165, 1.54) is 4.90 Å². The fourth-order valence-corrected chi connectivity index (χ4v) is 2.76. The molecule has 1 fully saturated rings. The number of amides is 1. The number of carbonyl (C=O) groups is 1. The third-order valence-corrected chi connectivity index (χ3v) is 4.15. The highest BCUT2D eigenvalue weighted by Crippen LogP contribution is 2.24. The van der Waals surface area contributed by atoms with E-state index in [1.54, 1.807) is 0 Å². The smallest absolute Gasteiger partial charge is 0.238 e. The van der Waals surface area contributed by atoms with Crippen LogP contribution in [0.4, 0.5) is 0 Å². The van der Waals surface area contributed by atoms with E-state index in [1.807, 2.05) is 44.2 Å². The van der Waals surface area contributed by atoms with E-state index in [-0.39, 0.29) is 18.0 Å². The number of carbonyl (C=O) groups excluding carboxylic acids is 1. The van der Waals surface area contributed by atoms with Gasteiger partial charge in [0.1, 0.15) is 12.1 Å². The van der Waals surface area contributed by atoms with Gasteiger partial charge in [0.05, 0.1) is 18.7 Å². The van der Waals surface area contributed by atoms with Crippen LogP contribution in [0.1, 0.15) is 32.3 Å². The highest BCUT2D eigenvalue weighted by atomic mass is 16.2. The Hall–Kier alpha value is -2.37. The van der Waals surface area contributed by atoms with Gasteiger partial charge < -0.3 is 4.90 Å². The maximum Gasteiger partial charge on any atom is 0.238 e. The van der Waals surface area contributed by atoms with Crippen LogP contribution < -0.4 is 5.32 Å². The van der Waals surface area contributed by atoms with Crippen LogP contribution in [0.5, 0.6) is 0 Å². The van der Waals surface area contributed by atoms with Gasteiger partial charge in [-0.1, -0.05) is 30.3 Å². The molecule has 0 radical (unpaired) electrons. The molecule has 1 amide bonds. The molecule has 2 rings (SSSR count). The average molecular weight is 296 g/mol. The molecule has 1 aliphatic heterocycles. The van der Waals surface area contributed by atoms with Crippen LogP contribution in [-0.2, 0) is 10.3 Å². The van der Waals surface area contributed by atoms with Crippen LogP contribution >= 0.6 is 0 Å². The van der Waals surface area contributed by atoms with E-state index in [4.69, 9.17) is 10.5 Å². The minimum absolute atomic E-state index is 0.109. The van der Waals surface area contributed by atoms with Gasteiger partial charge in [-0.2, -0.15) is 10.5 Å². The van der Waals surface area contributed by atoms with Gasteiger partial charge in [0, 0.05) is 5.54 Å². The Balaban J connectivity index is 2.03. The van der Waals surface area contributed by atoms with Gasteiger partial charge in [0.2, 0.25) is 5.91 Å². The van der Waals surface area contributed by atoms with Crippen LogP contribution in [0.3, 0.4) is 0 Å². The van der Waals surface area contributed by atoms with Gasteiger partial charge in [-0.05, 0) is 32.3 Å². The van der Waals surface area contributed by atoms with E-state index in [0.717, 1.165) is 5.56 Å².